The van der Waals surface area contributed by atoms with Gasteiger partial charge in [-0.3, -0.25) is 0 Å². The van der Waals surface area contributed by atoms with Crippen LogP contribution in [0.15, 0.2) is 45.6 Å². The summed E-state index contributed by atoms with van der Waals surface area (Å²) in [6.07, 6.45) is 2.02. The van der Waals surface area contributed by atoms with Gasteiger partial charge in [-0.1, -0.05) is 28.1 Å². The van der Waals surface area contributed by atoms with E-state index in [1.54, 1.807) is 11.3 Å². The minimum atomic E-state index is 0.209. The fourth-order valence-electron chi connectivity index (χ4n) is 1.90. The fraction of sp³-hybridized carbons (Fsp3) is 0.286. The highest BCUT2D eigenvalue weighted by atomic mass is 79.9. The fourth-order valence-corrected chi connectivity index (χ4v) is 3.02. The molecule has 0 amide bonds. The summed E-state index contributed by atoms with van der Waals surface area (Å²) in [6, 6.07) is 10.4. The van der Waals surface area contributed by atoms with E-state index in [0.717, 1.165) is 17.3 Å². The standard InChI is InChI=1S/C14H15BrOS/c15-14-3-1-2-12(8-14)13(9-16)5-4-11-6-7-17-10-11/h1-3,6-8,10,13,16H,4-5,9H2. The lowest BCUT2D eigenvalue weighted by Gasteiger charge is -2.14. The van der Waals surface area contributed by atoms with Crippen LogP contribution in [0.1, 0.15) is 23.5 Å². The lowest BCUT2D eigenvalue weighted by molar-refractivity contribution is 0.259. The van der Waals surface area contributed by atoms with Crippen LogP contribution in [0.25, 0.3) is 0 Å². The Morgan fingerprint density at radius 3 is 2.82 bits per heavy atom. The Balaban J connectivity index is 2.01. The minimum absolute atomic E-state index is 0.209. The molecule has 0 aliphatic heterocycles. The first-order chi connectivity index (χ1) is 8.29. The molecule has 17 heavy (non-hydrogen) atoms. The first-order valence-electron chi connectivity index (χ1n) is 5.67. The molecule has 1 heterocycles. The van der Waals surface area contributed by atoms with Crippen molar-refractivity contribution in [3.8, 4) is 0 Å². The van der Waals surface area contributed by atoms with Crippen molar-refractivity contribution in [1.82, 2.24) is 0 Å². The average molecular weight is 311 g/mol. The van der Waals surface area contributed by atoms with Gasteiger partial charge in [-0.25, -0.2) is 0 Å². The van der Waals surface area contributed by atoms with Crippen LogP contribution in [0.4, 0.5) is 0 Å². The van der Waals surface area contributed by atoms with Gasteiger partial charge in [0.1, 0.15) is 0 Å². The maximum Gasteiger partial charge on any atom is 0.0499 e. The summed E-state index contributed by atoms with van der Waals surface area (Å²) in [7, 11) is 0. The van der Waals surface area contributed by atoms with E-state index in [9.17, 15) is 5.11 Å². The Kier molecular flexibility index (Phi) is 4.77. The maximum absolute atomic E-state index is 9.49. The summed E-state index contributed by atoms with van der Waals surface area (Å²) in [5.74, 6) is 0.229. The van der Waals surface area contributed by atoms with Gasteiger partial charge >= 0.3 is 0 Å². The highest BCUT2D eigenvalue weighted by Crippen LogP contribution is 2.24. The van der Waals surface area contributed by atoms with Crippen LogP contribution in [0, 0.1) is 0 Å². The third kappa shape index (κ3) is 3.66. The molecule has 1 aromatic heterocycles. The highest BCUT2D eigenvalue weighted by Gasteiger charge is 2.10. The van der Waals surface area contributed by atoms with Crippen LogP contribution in [0.3, 0.4) is 0 Å². The summed E-state index contributed by atoms with van der Waals surface area (Å²) in [4.78, 5) is 0. The summed E-state index contributed by atoms with van der Waals surface area (Å²) >= 11 is 5.20. The largest absolute Gasteiger partial charge is 0.396 e. The molecule has 1 N–H and O–H groups in total. The molecule has 1 nitrogen and oxygen atoms in total. The second-order valence-corrected chi connectivity index (χ2v) is 5.80. The van der Waals surface area contributed by atoms with Crippen LogP contribution in [-0.2, 0) is 6.42 Å². The van der Waals surface area contributed by atoms with Gasteiger partial charge in [0, 0.05) is 17.0 Å². The SMILES string of the molecule is OCC(CCc1ccsc1)c1cccc(Br)c1. The molecule has 90 valence electrons. The first kappa shape index (κ1) is 12.8. The van der Waals surface area contributed by atoms with Crippen LogP contribution in [-0.4, -0.2) is 11.7 Å². The Bertz CT molecular complexity index is 453. The average Bonchev–Trinajstić information content (AvgIpc) is 2.83. The molecule has 1 aromatic carbocycles. The summed E-state index contributed by atoms with van der Waals surface area (Å²) in [5.41, 5.74) is 2.57. The van der Waals surface area contributed by atoms with Crippen LogP contribution in [0.2, 0.25) is 0 Å². The summed E-state index contributed by atoms with van der Waals surface area (Å²) in [5, 5.41) is 13.8. The number of rotatable bonds is 5. The number of thiophene rings is 1. The van der Waals surface area contributed by atoms with E-state index < -0.39 is 0 Å². The third-order valence-electron chi connectivity index (χ3n) is 2.90. The molecule has 1 unspecified atom stereocenters. The van der Waals surface area contributed by atoms with Crippen molar-refractivity contribution >= 4 is 27.3 Å². The van der Waals surface area contributed by atoms with Gasteiger partial charge in [-0.2, -0.15) is 11.3 Å². The zero-order valence-electron chi connectivity index (χ0n) is 9.47. The number of benzene rings is 1. The van der Waals surface area contributed by atoms with E-state index in [2.05, 4.69) is 44.9 Å². The highest BCUT2D eigenvalue weighted by molar-refractivity contribution is 9.10. The van der Waals surface area contributed by atoms with E-state index >= 15 is 0 Å². The molecule has 2 aromatic rings. The molecule has 0 bridgehead atoms. The molecule has 0 saturated carbocycles. The number of halogens is 1. The number of aryl methyl sites for hydroxylation is 1. The number of hydrogen-bond donors (Lipinski definition) is 1. The van der Waals surface area contributed by atoms with Crippen molar-refractivity contribution in [1.29, 1.82) is 0 Å². The van der Waals surface area contributed by atoms with Gasteiger partial charge in [0.25, 0.3) is 0 Å². The van der Waals surface area contributed by atoms with Gasteiger partial charge in [0.15, 0.2) is 0 Å². The van der Waals surface area contributed by atoms with Crippen molar-refractivity contribution in [2.45, 2.75) is 18.8 Å². The van der Waals surface area contributed by atoms with Gasteiger partial charge in [0.2, 0.25) is 0 Å². The Hall–Kier alpha value is -0.640. The smallest absolute Gasteiger partial charge is 0.0499 e. The van der Waals surface area contributed by atoms with E-state index in [1.807, 2.05) is 12.1 Å². The van der Waals surface area contributed by atoms with Crippen molar-refractivity contribution < 1.29 is 5.11 Å². The molecule has 0 saturated heterocycles. The topological polar surface area (TPSA) is 20.2 Å². The number of aliphatic hydroxyl groups is 1. The van der Waals surface area contributed by atoms with E-state index in [0.29, 0.717) is 0 Å². The maximum atomic E-state index is 9.49. The molecule has 1 atom stereocenters. The Morgan fingerprint density at radius 1 is 1.29 bits per heavy atom. The van der Waals surface area contributed by atoms with Crippen molar-refractivity contribution in [2.24, 2.45) is 0 Å². The summed E-state index contributed by atoms with van der Waals surface area (Å²) < 4.78 is 1.07. The lowest BCUT2D eigenvalue weighted by atomic mass is 9.94. The molecule has 0 radical (unpaired) electrons. The van der Waals surface area contributed by atoms with E-state index in [4.69, 9.17) is 0 Å². The van der Waals surface area contributed by atoms with Crippen molar-refractivity contribution in [3.05, 3.63) is 56.7 Å². The second-order valence-electron chi connectivity index (χ2n) is 4.10. The predicted octanol–water partition coefficient (Wildman–Crippen LogP) is 4.22. The molecule has 0 fully saturated rings. The zero-order chi connectivity index (χ0) is 12.1. The minimum Gasteiger partial charge on any atom is -0.396 e. The Labute approximate surface area is 114 Å². The van der Waals surface area contributed by atoms with Crippen molar-refractivity contribution in [3.63, 3.8) is 0 Å². The first-order valence-corrected chi connectivity index (χ1v) is 7.40. The molecule has 0 spiro atoms. The molecular weight excluding hydrogens is 296 g/mol. The number of hydrogen-bond acceptors (Lipinski definition) is 2. The van der Waals surface area contributed by atoms with E-state index in [-0.39, 0.29) is 12.5 Å². The number of aliphatic hydroxyl groups excluding tert-OH is 1. The molecule has 3 heteroatoms. The van der Waals surface area contributed by atoms with Gasteiger partial charge in [-0.15, -0.1) is 0 Å². The van der Waals surface area contributed by atoms with Gasteiger partial charge < -0.3 is 5.11 Å². The summed E-state index contributed by atoms with van der Waals surface area (Å²) in [6.45, 7) is 0.209. The molecule has 0 aliphatic rings. The monoisotopic (exact) mass is 310 g/mol. The normalized spacial score (nSPS) is 12.6. The van der Waals surface area contributed by atoms with Crippen molar-refractivity contribution in [2.75, 3.05) is 6.61 Å². The third-order valence-corrected chi connectivity index (χ3v) is 4.13. The lowest BCUT2D eigenvalue weighted by Crippen LogP contribution is -2.05. The second kappa shape index (κ2) is 6.34. The van der Waals surface area contributed by atoms with E-state index in [1.165, 1.54) is 11.1 Å². The molecule has 2 rings (SSSR count). The molecule has 0 aliphatic carbocycles. The van der Waals surface area contributed by atoms with Gasteiger partial charge in [-0.05, 0) is 52.9 Å². The predicted molar refractivity (Wildman–Crippen MR) is 76.6 cm³/mol. The quantitative estimate of drug-likeness (QED) is 0.876. The van der Waals surface area contributed by atoms with Crippen LogP contribution < -0.4 is 0 Å². The molecular formula is C14H15BrOS. The van der Waals surface area contributed by atoms with Crippen LogP contribution >= 0.6 is 27.3 Å². The zero-order valence-corrected chi connectivity index (χ0v) is 11.9. The van der Waals surface area contributed by atoms with Crippen LogP contribution in [0.5, 0.6) is 0 Å². The van der Waals surface area contributed by atoms with Gasteiger partial charge in [0.05, 0.1) is 0 Å². The Morgan fingerprint density at radius 2 is 2.18 bits per heavy atom.